The number of aromatic nitrogens is 2. The number of benzene rings is 1. The van der Waals surface area contributed by atoms with Crippen molar-refractivity contribution in [3.05, 3.63) is 33.1 Å². The molecule has 2 aromatic rings. The van der Waals surface area contributed by atoms with Crippen LogP contribution in [-0.4, -0.2) is 24.2 Å². The number of ether oxygens (including phenoxy) is 2. The van der Waals surface area contributed by atoms with Gasteiger partial charge in [0, 0.05) is 5.56 Å². The number of nitrogens with zero attached hydrogens (tertiary/aromatic N) is 2. The average molecular weight is 388 g/mol. The minimum Gasteiger partial charge on any atom is -0.495 e. The predicted molar refractivity (Wildman–Crippen MR) is 80.7 cm³/mol. The SMILES string of the molecule is COc1ccc(-c2cc(Br)nc(C)n2)c(OC)c1Br. The van der Waals surface area contributed by atoms with E-state index < -0.39 is 0 Å². The lowest BCUT2D eigenvalue weighted by Gasteiger charge is -2.13. The van der Waals surface area contributed by atoms with E-state index >= 15 is 0 Å². The maximum Gasteiger partial charge on any atom is 0.146 e. The first-order valence-electron chi connectivity index (χ1n) is 5.49. The van der Waals surface area contributed by atoms with Crippen LogP contribution in [0.15, 0.2) is 27.3 Å². The molecular weight excluding hydrogens is 376 g/mol. The van der Waals surface area contributed by atoms with E-state index in [1.165, 1.54) is 0 Å². The van der Waals surface area contributed by atoms with Crippen molar-refractivity contribution in [1.29, 1.82) is 0 Å². The molecule has 1 aromatic heterocycles. The third-order valence-corrected chi connectivity index (χ3v) is 3.73. The van der Waals surface area contributed by atoms with Crippen LogP contribution in [0.4, 0.5) is 0 Å². The first-order chi connectivity index (χ1) is 9.06. The third-order valence-electron chi connectivity index (χ3n) is 2.57. The van der Waals surface area contributed by atoms with Gasteiger partial charge < -0.3 is 9.47 Å². The lowest BCUT2D eigenvalue weighted by Crippen LogP contribution is -1.96. The first-order valence-corrected chi connectivity index (χ1v) is 7.07. The maximum atomic E-state index is 5.45. The zero-order chi connectivity index (χ0) is 14.0. The molecule has 100 valence electrons. The maximum absolute atomic E-state index is 5.45. The van der Waals surface area contributed by atoms with Crippen LogP contribution in [0.3, 0.4) is 0 Å². The Labute approximate surface area is 128 Å². The Morgan fingerprint density at radius 3 is 2.37 bits per heavy atom. The summed E-state index contributed by atoms with van der Waals surface area (Å²) >= 11 is 6.86. The van der Waals surface area contributed by atoms with Crippen LogP contribution >= 0.6 is 31.9 Å². The minimum atomic E-state index is 0.685. The van der Waals surface area contributed by atoms with E-state index in [0.29, 0.717) is 17.3 Å². The number of rotatable bonds is 3. The zero-order valence-electron chi connectivity index (χ0n) is 10.7. The summed E-state index contributed by atoms with van der Waals surface area (Å²) in [6, 6.07) is 5.63. The molecule has 6 heteroatoms. The standard InChI is InChI=1S/C13H12Br2N2O2/c1-7-16-9(6-11(14)17-7)8-4-5-10(18-2)12(15)13(8)19-3/h4-6H,1-3H3. The molecule has 0 spiro atoms. The van der Waals surface area contributed by atoms with Crippen molar-refractivity contribution in [2.24, 2.45) is 0 Å². The monoisotopic (exact) mass is 386 g/mol. The molecule has 1 aromatic carbocycles. The normalized spacial score (nSPS) is 10.4. The van der Waals surface area contributed by atoms with Gasteiger partial charge in [-0.05, 0) is 57.0 Å². The second kappa shape index (κ2) is 5.88. The molecule has 0 radical (unpaired) electrons. The Morgan fingerprint density at radius 1 is 1.05 bits per heavy atom. The van der Waals surface area contributed by atoms with Crippen molar-refractivity contribution in [2.75, 3.05) is 14.2 Å². The second-order valence-electron chi connectivity index (χ2n) is 3.79. The molecule has 2 rings (SSSR count). The molecule has 0 N–H and O–H groups in total. The van der Waals surface area contributed by atoms with Crippen molar-refractivity contribution < 1.29 is 9.47 Å². The van der Waals surface area contributed by atoms with Crippen LogP contribution in [0.1, 0.15) is 5.82 Å². The summed E-state index contributed by atoms with van der Waals surface area (Å²) in [4.78, 5) is 8.63. The average Bonchev–Trinajstić information content (AvgIpc) is 2.37. The summed E-state index contributed by atoms with van der Waals surface area (Å²) in [7, 11) is 3.23. The largest absolute Gasteiger partial charge is 0.495 e. The Hall–Kier alpha value is -1.14. The molecule has 0 bridgehead atoms. The number of aryl methyl sites for hydroxylation is 1. The summed E-state index contributed by atoms with van der Waals surface area (Å²) in [5.74, 6) is 2.09. The molecule has 0 amide bonds. The van der Waals surface area contributed by atoms with E-state index in [2.05, 4.69) is 41.8 Å². The molecule has 0 atom stereocenters. The van der Waals surface area contributed by atoms with Gasteiger partial charge in [0.15, 0.2) is 0 Å². The molecule has 0 saturated heterocycles. The highest BCUT2D eigenvalue weighted by atomic mass is 79.9. The van der Waals surface area contributed by atoms with Crippen LogP contribution < -0.4 is 9.47 Å². The molecule has 0 aliphatic heterocycles. The van der Waals surface area contributed by atoms with E-state index in [9.17, 15) is 0 Å². The van der Waals surface area contributed by atoms with Gasteiger partial charge in [0.2, 0.25) is 0 Å². The summed E-state index contributed by atoms with van der Waals surface area (Å²) in [5.41, 5.74) is 1.67. The molecular formula is C13H12Br2N2O2. The van der Waals surface area contributed by atoms with Crippen LogP contribution in [0.5, 0.6) is 11.5 Å². The van der Waals surface area contributed by atoms with E-state index in [1.807, 2.05) is 25.1 Å². The van der Waals surface area contributed by atoms with E-state index in [-0.39, 0.29) is 0 Å². The zero-order valence-corrected chi connectivity index (χ0v) is 13.9. The topological polar surface area (TPSA) is 44.2 Å². The molecule has 0 fully saturated rings. The lowest BCUT2D eigenvalue weighted by atomic mass is 10.1. The summed E-state index contributed by atoms with van der Waals surface area (Å²) < 4.78 is 12.2. The fraction of sp³-hybridized carbons (Fsp3) is 0.231. The van der Waals surface area contributed by atoms with Crippen LogP contribution in [0.25, 0.3) is 11.3 Å². The Morgan fingerprint density at radius 2 is 1.79 bits per heavy atom. The fourth-order valence-electron chi connectivity index (χ4n) is 1.77. The van der Waals surface area contributed by atoms with Gasteiger partial charge in [0.25, 0.3) is 0 Å². The molecule has 0 aliphatic rings. The second-order valence-corrected chi connectivity index (χ2v) is 5.39. The Bertz CT molecular complexity index is 598. The van der Waals surface area contributed by atoms with E-state index in [1.54, 1.807) is 14.2 Å². The molecule has 1 heterocycles. The Kier molecular flexibility index (Phi) is 4.42. The number of halogens is 2. The summed E-state index contributed by atoms with van der Waals surface area (Å²) in [6.07, 6.45) is 0. The quantitative estimate of drug-likeness (QED) is 0.746. The first kappa shape index (κ1) is 14.3. The van der Waals surface area contributed by atoms with E-state index in [0.717, 1.165) is 20.3 Å². The predicted octanol–water partition coefficient (Wildman–Crippen LogP) is 3.99. The van der Waals surface area contributed by atoms with Crippen molar-refractivity contribution in [2.45, 2.75) is 6.92 Å². The molecule has 0 saturated carbocycles. The van der Waals surface area contributed by atoms with Gasteiger partial charge in [-0.25, -0.2) is 9.97 Å². The number of hydrogen-bond acceptors (Lipinski definition) is 4. The van der Waals surface area contributed by atoms with Crippen LogP contribution in [0, 0.1) is 6.92 Å². The number of hydrogen-bond donors (Lipinski definition) is 0. The summed E-state index contributed by atoms with van der Waals surface area (Å²) in [5, 5.41) is 0. The van der Waals surface area contributed by atoms with Gasteiger partial charge in [0.1, 0.15) is 26.4 Å². The van der Waals surface area contributed by atoms with Gasteiger partial charge in [-0.1, -0.05) is 0 Å². The number of methoxy groups -OCH3 is 2. The van der Waals surface area contributed by atoms with Crippen molar-refractivity contribution in [3.8, 4) is 22.8 Å². The van der Waals surface area contributed by atoms with Gasteiger partial charge in [-0.3, -0.25) is 0 Å². The lowest BCUT2D eigenvalue weighted by molar-refractivity contribution is 0.390. The highest BCUT2D eigenvalue weighted by Gasteiger charge is 2.15. The highest BCUT2D eigenvalue weighted by Crippen LogP contribution is 2.41. The summed E-state index contributed by atoms with van der Waals surface area (Å²) in [6.45, 7) is 1.85. The van der Waals surface area contributed by atoms with Crippen molar-refractivity contribution in [3.63, 3.8) is 0 Å². The van der Waals surface area contributed by atoms with Gasteiger partial charge in [-0.2, -0.15) is 0 Å². The molecule has 4 nitrogen and oxygen atoms in total. The smallest absolute Gasteiger partial charge is 0.146 e. The molecule has 0 unspecified atom stereocenters. The van der Waals surface area contributed by atoms with Crippen molar-refractivity contribution in [1.82, 2.24) is 9.97 Å². The van der Waals surface area contributed by atoms with Gasteiger partial charge >= 0.3 is 0 Å². The van der Waals surface area contributed by atoms with Crippen LogP contribution in [0.2, 0.25) is 0 Å². The highest BCUT2D eigenvalue weighted by molar-refractivity contribution is 9.10. The minimum absolute atomic E-state index is 0.685. The third kappa shape index (κ3) is 2.90. The fourth-order valence-corrected chi connectivity index (χ4v) is 2.91. The van der Waals surface area contributed by atoms with Crippen molar-refractivity contribution >= 4 is 31.9 Å². The van der Waals surface area contributed by atoms with Crippen LogP contribution in [-0.2, 0) is 0 Å². The van der Waals surface area contributed by atoms with Gasteiger partial charge in [-0.15, -0.1) is 0 Å². The van der Waals surface area contributed by atoms with Gasteiger partial charge in [0.05, 0.1) is 19.9 Å². The Balaban J connectivity index is 2.65. The molecule has 0 aliphatic carbocycles. The van der Waals surface area contributed by atoms with E-state index in [4.69, 9.17) is 9.47 Å². The molecule has 19 heavy (non-hydrogen) atoms.